The highest BCUT2D eigenvalue weighted by atomic mass is 15.2. The standard InChI is InChI=1S/C13H27N3/c1-11(2)16(12(3)4)10-9-15-13-7-5-6-8-14-13/h11-12H,5-10H2,1-4H3,(H,14,15). The Balaban J connectivity index is 2.24. The number of aliphatic imine (C=N–C) groups is 1. The normalized spacial score (nSPS) is 17.1. The Kier molecular flexibility index (Phi) is 5.81. The van der Waals surface area contributed by atoms with Crippen LogP contribution in [0.2, 0.25) is 0 Å². The molecule has 0 radical (unpaired) electrons. The third kappa shape index (κ3) is 4.52. The molecule has 0 aromatic carbocycles. The van der Waals surface area contributed by atoms with Crippen molar-refractivity contribution in [3.63, 3.8) is 0 Å². The molecule has 0 unspecified atom stereocenters. The van der Waals surface area contributed by atoms with E-state index in [2.05, 4.69) is 42.9 Å². The second kappa shape index (κ2) is 6.89. The van der Waals surface area contributed by atoms with Gasteiger partial charge in [-0.3, -0.25) is 9.89 Å². The Morgan fingerprint density at radius 1 is 1.19 bits per heavy atom. The molecule has 94 valence electrons. The van der Waals surface area contributed by atoms with Gasteiger partial charge >= 0.3 is 0 Å². The van der Waals surface area contributed by atoms with Crippen LogP contribution in [0.4, 0.5) is 0 Å². The molecule has 0 saturated heterocycles. The predicted molar refractivity (Wildman–Crippen MR) is 71.1 cm³/mol. The van der Waals surface area contributed by atoms with Crippen molar-refractivity contribution in [2.75, 3.05) is 19.6 Å². The maximum Gasteiger partial charge on any atom is 0.0963 e. The van der Waals surface area contributed by atoms with Gasteiger partial charge in [-0.05, 0) is 40.5 Å². The average molecular weight is 225 g/mol. The van der Waals surface area contributed by atoms with E-state index in [4.69, 9.17) is 0 Å². The van der Waals surface area contributed by atoms with E-state index in [0.29, 0.717) is 12.1 Å². The minimum absolute atomic E-state index is 0.620. The molecule has 3 heteroatoms. The van der Waals surface area contributed by atoms with Gasteiger partial charge in [0.05, 0.1) is 5.84 Å². The molecule has 1 aliphatic heterocycles. The zero-order valence-electron chi connectivity index (χ0n) is 11.3. The van der Waals surface area contributed by atoms with E-state index >= 15 is 0 Å². The molecule has 0 bridgehead atoms. The van der Waals surface area contributed by atoms with Gasteiger partial charge in [-0.1, -0.05) is 0 Å². The van der Waals surface area contributed by atoms with Gasteiger partial charge in [0.15, 0.2) is 0 Å². The highest BCUT2D eigenvalue weighted by Crippen LogP contribution is 2.05. The Bertz CT molecular complexity index is 213. The van der Waals surface area contributed by atoms with Crippen LogP contribution in [0.15, 0.2) is 4.99 Å². The van der Waals surface area contributed by atoms with Gasteiger partial charge < -0.3 is 5.32 Å². The van der Waals surface area contributed by atoms with Crippen LogP contribution in [-0.4, -0.2) is 42.5 Å². The van der Waals surface area contributed by atoms with Gasteiger partial charge in [0, 0.05) is 38.1 Å². The molecule has 1 rings (SSSR count). The molecule has 3 nitrogen and oxygen atoms in total. The second-order valence-electron chi connectivity index (χ2n) is 5.14. The smallest absolute Gasteiger partial charge is 0.0963 e. The highest BCUT2D eigenvalue weighted by molar-refractivity contribution is 5.82. The molecule has 1 N–H and O–H groups in total. The molecule has 0 amide bonds. The van der Waals surface area contributed by atoms with E-state index in [1.807, 2.05) is 0 Å². The fourth-order valence-electron chi connectivity index (χ4n) is 2.28. The summed E-state index contributed by atoms with van der Waals surface area (Å²) in [5.41, 5.74) is 0. The number of rotatable bonds is 5. The number of hydrogen-bond donors (Lipinski definition) is 1. The van der Waals surface area contributed by atoms with Crippen molar-refractivity contribution in [2.45, 2.75) is 59.0 Å². The molecule has 0 spiro atoms. The Labute approximate surface area is 100 Å². The molecule has 0 fully saturated rings. The lowest BCUT2D eigenvalue weighted by molar-refractivity contribution is 0.178. The van der Waals surface area contributed by atoms with E-state index in [1.54, 1.807) is 0 Å². The first-order valence-electron chi connectivity index (χ1n) is 6.64. The van der Waals surface area contributed by atoms with Gasteiger partial charge in [-0.25, -0.2) is 0 Å². The van der Waals surface area contributed by atoms with Crippen molar-refractivity contribution in [1.82, 2.24) is 10.2 Å². The number of hydrogen-bond acceptors (Lipinski definition) is 3. The molecule has 0 aromatic heterocycles. The van der Waals surface area contributed by atoms with Crippen LogP contribution in [0.5, 0.6) is 0 Å². The largest absolute Gasteiger partial charge is 0.373 e. The van der Waals surface area contributed by atoms with Crippen LogP contribution < -0.4 is 5.32 Å². The summed E-state index contributed by atoms with van der Waals surface area (Å²) in [7, 11) is 0. The molecule has 0 saturated carbocycles. The molecule has 1 aliphatic rings. The lowest BCUT2D eigenvalue weighted by Gasteiger charge is -2.30. The predicted octanol–water partition coefficient (Wildman–Crippen LogP) is 2.28. The number of nitrogens with zero attached hydrogens (tertiary/aromatic N) is 2. The maximum absolute atomic E-state index is 4.50. The van der Waals surface area contributed by atoms with Crippen molar-refractivity contribution >= 4 is 5.84 Å². The summed E-state index contributed by atoms with van der Waals surface area (Å²) in [6.07, 6.45) is 3.70. The van der Waals surface area contributed by atoms with Crippen LogP contribution in [0.3, 0.4) is 0 Å². The molecule has 0 aliphatic carbocycles. The molecular formula is C13H27N3. The molecule has 16 heavy (non-hydrogen) atoms. The van der Waals surface area contributed by atoms with E-state index in [-0.39, 0.29) is 0 Å². The van der Waals surface area contributed by atoms with Crippen LogP contribution >= 0.6 is 0 Å². The van der Waals surface area contributed by atoms with E-state index in [0.717, 1.165) is 26.1 Å². The molecule has 0 atom stereocenters. The van der Waals surface area contributed by atoms with Gasteiger partial charge in [-0.2, -0.15) is 0 Å². The van der Waals surface area contributed by atoms with E-state index in [1.165, 1.54) is 18.7 Å². The first-order chi connectivity index (χ1) is 7.61. The molecule has 1 heterocycles. The van der Waals surface area contributed by atoms with Gasteiger partial charge in [0.2, 0.25) is 0 Å². The third-order valence-corrected chi connectivity index (χ3v) is 3.15. The summed E-state index contributed by atoms with van der Waals surface area (Å²) >= 11 is 0. The average Bonchev–Trinajstić information content (AvgIpc) is 2.24. The SMILES string of the molecule is CC(C)N(CCNC1=NCCCC1)C(C)C. The van der Waals surface area contributed by atoms with Gasteiger partial charge in [0.25, 0.3) is 0 Å². The second-order valence-corrected chi connectivity index (χ2v) is 5.14. The summed E-state index contributed by atoms with van der Waals surface area (Å²) in [5.74, 6) is 1.22. The van der Waals surface area contributed by atoms with Crippen molar-refractivity contribution in [3.8, 4) is 0 Å². The van der Waals surface area contributed by atoms with Crippen molar-refractivity contribution in [1.29, 1.82) is 0 Å². The third-order valence-electron chi connectivity index (χ3n) is 3.15. The summed E-state index contributed by atoms with van der Waals surface area (Å²) in [6.45, 7) is 12.2. The van der Waals surface area contributed by atoms with Crippen LogP contribution in [0.1, 0.15) is 47.0 Å². The number of nitrogens with one attached hydrogen (secondary N) is 1. The monoisotopic (exact) mass is 225 g/mol. The Morgan fingerprint density at radius 2 is 1.88 bits per heavy atom. The summed E-state index contributed by atoms with van der Waals surface area (Å²) in [5, 5.41) is 3.47. The molecular weight excluding hydrogens is 198 g/mol. The Hall–Kier alpha value is -0.570. The first-order valence-corrected chi connectivity index (χ1v) is 6.64. The maximum atomic E-state index is 4.50. The van der Waals surface area contributed by atoms with Gasteiger partial charge in [-0.15, -0.1) is 0 Å². The van der Waals surface area contributed by atoms with Gasteiger partial charge in [0.1, 0.15) is 0 Å². The van der Waals surface area contributed by atoms with Crippen LogP contribution in [0, 0.1) is 0 Å². The van der Waals surface area contributed by atoms with Crippen molar-refractivity contribution in [3.05, 3.63) is 0 Å². The quantitative estimate of drug-likeness (QED) is 0.777. The minimum Gasteiger partial charge on any atom is -0.373 e. The Morgan fingerprint density at radius 3 is 2.38 bits per heavy atom. The summed E-state index contributed by atoms with van der Waals surface area (Å²) < 4.78 is 0. The zero-order valence-corrected chi connectivity index (χ0v) is 11.3. The van der Waals surface area contributed by atoms with Crippen molar-refractivity contribution in [2.24, 2.45) is 4.99 Å². The zero-order chi connectivity index (χ0) is 12.0. The van der Waals surface area contributed by atoms with E-state index in [9.17, 15) is 0 Å². The molecule has 0 aromatic rings. The summed E-state index contributed by atoms with van der Waals surface area (Å²) in [4.78, 5) is 7.01. The lowest BCUT2D eigenvalue weighted by Crippen LogP contribution is -2.42. The fourth-order valence-corrected chi connectivity index (χ4v) is 2.28. The lowest BCUT2D eigenvalue weighted by atomic mass is 10.2. The van der Waals surface area contributed by atoms with Crippen molar-refractivity contribution < 1.29 is 0 Å². The first kappa shape index (κ1) is 13.5. The summed E-state index contributed by atoms with van der Waals surface area (Å²) in [6, 6.07) is 1.24. The fraction of sp³-hybridized carbons (Fsp3) is 0.923. The van der Waals surface area contributed by atoms with Crippen LogP contribution in [-0.2, 0) is 0 Å². The minimum atomic E-state index is 0.620. The topological polar surface area (TPSA) is 27.6 Å². The van der Waals surface area contributed by atoms with E-state index < -0.39 is 0 Å². The van der Waals surface area contributed by atoms with Crippen LogP contribution in [0.25, 0.3) is 0 Å². The highest BCUT2D eigenvalue weighted by Gasteiger charge is 2.12. The number of amidine groups is 1.